The minimum Gasteiger partial charge on any atom is -0.451 e. The van der Waals surface area contributed by atoms with Crippen molar-refractivity contribution in [1.82, 2.24) is 15.6 Å². The molecule has 15 heavy (non-hydrogen) atoms. The third-order valence-electron chi connectivity index (χ3n) is 1.69. The van der Waals surface area contributed by atoms with E-state index in [1.807, 2.05) is 0 Å². The number of nitrogens with one attached hydrogen (secondary N) is 2. The molecule has 2 amide bonds. The Morgan fingerprint density at radius 2 is 2.20 bits per heavy atom. The Bertz CT molecular complexity index is 301. The first-order chi connectivity index (χ1) is 6.97. The molecule has 5 nitrogen and oxygen atoms in total. The lowest BCUT2D eigenvalue weighted by Gasteiger charge is -2.18. The molecule has 0 unspecified atom stereocenters. The van der Waals surface area contributed by atoms with Crippen LogP contribution in [-0.2, 0) is 6.54 Å². The second kappa shape index (κ2) is 4.82. The molecule has 1 rings (SSSR count). The summed E-state index contributed by atoms with van der Waals surface area (Å²) in [6.07, 6.45) is 2.84. The summed E-state index contributed by atoms with van der Waals surface area (Å²) >= 11 is 0. The molecule has 0 atom stereocenters. The number of carbonyl (C=O) groups excluding carboxylic acids is 1. The van der Waals surface area contributed by atoms with Gasteiger partial charge in [-0.1, -0.05) is 20.8 Å². The highest BCUT2D eigenvalue weighted by Crippen LogP contribution is 2.09. The van der Waals surface area contributed by atoms with Crippen molar-refractivity contribution in [2.45, 2.75) is 27.3 Å². The van der Waals surface area contributed by atoms with Gasteiger partial charge in [0.2, 0.25) is 0 Å². The van der Waals surface area contributed by atoms with E-state index in [1.165, 1.54) is 12.7 Å². The Hall–Kier alpha value is -1.52. The van der Waals surface area contributed by atoms with E-state index >= 15 is 0 Å². The second-order valence-electron chi connectivity index (χ2n) is 4.58. The summed E-state index contributed by atoms with van der Waals surface area (Å²) in [5.41, 5.74) is 0.798. The first-order valence-electron chi connectivity index (χ1n) is 4.86. The fraction of sp³-hybridized carbons (Fsp3) is 0.600. The topological polar surface area (TPSA) is 67.2 Å². The highest BCUT2D eigenvalue weighted by molar-refractivity contribution is 5.73. The van der Waals surface area contributed by atoms with Gasteiger partial charge >= 0.3 is 6.03 Å². The molecule has 0 aromatic carbocycles. The van der Waals surface area contributed by atoms with E-state index in [0.29, 0.717) is 18.8 Å². The SMILES string of the molecule is CC(C)(C)CNC(=O)NCc1cocn1. The van der Waals surface area contributed by atoms with Crippen LogP contribution in [0, 0.1) is 5.41 Å². The molecule has 0 aliphatic rings. The Balaban J connectivity index is 2.20. The monoisotopic (exact) mass is 211 g/mol. The summed E-state index contributed by atoms with van der Waals surface area (Å²) in [6, 6.07) is -0.187. The Morgan fingerprint density at radius 1 is 1.47 bits per heavy atom. The zero-order chi connectivity index (χ0) is 11.3. The number of hydrogen-bond acceptors (Lipinski definition) is 3. The van der Waals surface area contributed by atoms with Crippen molar-refractivity contribution in [2.75, 3.05) is 6.54 Å². The third kappa shape index (κ3) is 5.05. The van der Waals surface area contributed by atoms with Gasteiger partial charge in [0.25, 0.3) is 0 Å². The molecule has 84 valence electrons. The first kappa shape index (κ1) is 11.6. The van der Waals surface area contributed by atoms with E-state index < -0.39 is 0 Å². The fourth-order valence-corrected chi connectivity index (χ4v) is 0.904. The van der Waals surface area contributed by atoms with Crippen LogP contribution in [-0.4, -0.2) is 17.6 Å². The maximum absolute atomic E-state index is 11.3. The maximum atomic E-state index is 11.3. The van der Waals surface area contributed by atoms with Crippen molar-refractivity contribution in [2.24, 2.45) is 5.41 Å². The van der Waals surface area contributed by atoms with Crippen LogP contribution in [0.4, 0.5) is 4.79 Å². The van der Waals surface area contributed by atoms with Crippen LogP contribution in [0.3, 0.4) is 0 Å². The quantitative estimate of drug-likeness (QED) is 0.796. The van der Waals surface area contributed by atoms with Gasteiger partial charge in [-0.2, -0.15) is 0 Å². The maximum Gasteiger partial charge on any atom is 0.315 e. The molecule has 0 aliphatic heterocycles. The number of rotatable bonds is 3. The molecule has 2 N–H and O–H groups in total. The molecular weight excluding hydrogens is 194 g/mol. The van der Waals surface area contributed by atoms with Gasteiger partial charge in [-0.3, -0.25) is 0 Å². The number of nitrogens with zero attached hydrogens (tertiary/aromatic N) is 1. The van der Waals surface area contributed by atoms with Crippen molar-refractivity contribution in [3.8, 4) is 0 Å². The summed E-state index contributed by atoms with van der Waals surface area (Å²) in [5.74, 6) is 0. The summed E-state index contributed by atoms with van der Waals surface area (Å²) in [4.78, 5) is 15.2. The van der Waals surface area contributed by atoms with Crippen LogP contribution in [0.1, 0.15) is 26.5 Å². The number of carbonyl (C=O) groups is 1. The van der Waals surface area contributed by atoms with E-state index in [0.717, 1.165) is 0 Å². The smallest absolute Gasteiger partial charge is 0.315 e. The van der Waals surface area contributed by atoms with Gasteiger partial charge in [-0.25, -0.2) is 9.78 Å². The molecule has 1 aromatic heterocycles. The van der Waals surface area contributed by atoms with E-state index in [9.17, 15) is 4.79 Å². The van der Waals surface area contributed by atoms with E-state index in [-0.39, 0.29) is 11.4 Å². The summed E-state index contributed by atoms with van der Waals surface area (Å²) in [5, 5.41) is 5.46. The van der Waals surface area contributed by atoms with E-state index in [4.69, 9.17) is 4.42 Å². The normalized spacial score (nSPS) is 11.1. The number of aromatic nitrogens is 1. The fourth-order valence-electron chi connectivity index (χ4n) is 0.904. The standard InChI is InChI=1S/C10H17N3O2/c1-10(2,3)6-12-9(14)11-4-8-5-15-7-13-8/h5,7H,4,6H2,1-3H3,(H2,11,12,14). The molecule has 0 spiro atoms. The molecular formula is C10H17N3O2. The number of amides is 2. The average Bonchev–Trinajstić information content (AvgIpc) is 2.62. The van der Waals surface area contributed by atoms with Crippen LogP contribution in [0.2, 0.25) is 0 Å². The Labute approximate surface area is 89.3 Å². The van der Waals surface area contributed by atoms with Crippen molar-refractivity contribution in [3.63, 3.8) is 0 Å². The van der Waals surface area contributed by atoms with Crippen molar-refractivity contribution >= 4 is 6.03 Å². The van der Waals surface area contributed by atoms with E-state index in [1.54, 1.807) is 0 Å². The molecule has 1 heterocycles. The van der Waals surface area contributed by atoms with E-state index in [2.05, 4.69) is 36.4 Å². The molecule has 0 bridgehead atoms. The second-order valence-corrected chi connectivity index (χ2v) is 4.58. The highest BCUT2D eigenvalue weighted by Gasteiger charge is 2.11. The summed E-state index contributed by atoms with van der Waals surface area (Å²) < 4.78 is 4.78. The van der Waals surface area contributed by atoms with Gasteiger partial charge in [0.15, 0.2) is 6.39 Å². The van der Waals surface area contributed by atoms with Crippen LogP contribution < -0.4 is 10.6 Å². The number of oxazole rings is 1. The summed E-state index contributed by atoms with van der Waals surface area (Å²) in [7, 11) is 0. The van der Waals surface area contributed by atoms with Gasteiger partial charge in [0.05, 0.1) is 12.2 Å². The number of hydrogen-bond donors (Lipinski definition) is 2. The lowest BCUT2D eigenvalue weighted by molar-refractivity contribution is 0.235. The number of urea groups is 1. The Kier molecular flexibility index (Phi) is 3.71. The minimum absolute atomic E-state index is 0.0885. The van der Waals surface area contributed by atoms with Crippen LogP contribution in [0.25, 0.3) is 0 Å². The van der Waals surface area contributed by atoms with Crippen molar-refractivity contribution in [1.29, 1.82) is 0 Å². The lowest BCUT2D eigenvalue weighted by atomic mass is 9.97. The molecule has 0 aliphatic carbocycles. The van der Waals surface area contributed by atoms with Crippen molar-refractivity contribution < 1.29 is 9.21 Å². The first-order valence-corrected chi connectivity index (χ1v) is 4.86. The molecule has 5 heteroatoms. The minimum atomic E-state index is -0.187. The lowest BCUT2D eigenvalue weighted by Crippen LogP contribution is -2.39. The predicted octanol–water partition coefficient (Wildman–Crippen LogP) is 1.52. The van der Waals surface area contributed by atoms with Gasteiger partial charge in [-0.05, 0) is 5.41 Å². The summed E-state index contributed by atoms with van der Waals surface area (Å²) in [6.45, 7) is 7.20. The van der Waals surface area contributed by atoms with Crippen molar-refractivity contribution in [3.05, 3.63) is 18.4 Å². The van der Waals surface area contributed by atoms with Gasteiger partial charge in [0.1, 0.15) is 6.26 Å². The zero-order valence-electron chi connectivity index (χ0n) is 9.33. The predicted molar refractivity (Wildman–Crippen MR) is 56.2 cm³/mol. The van der Waals surface area contributed by atoms with Crippen LogP contribution >= 0.6 is 0 Å². The molecule has 1 aromatic rings. The largest absolute Gasteiger partial charge is 0.451 e. The zero-order valence-corrected chi connectivity index (χ0v) is 9.33. The van der Waals surface area contributed by atoms with Crippen LogP contribution in [0.5, 0.6) is 0 Å². The molecule has 0 saturated heterocycles. The molecule has 0 fully saturated rings. The highest BCUT2D eigenvalue weighted by atomic mass is 16.3. The van der Waals surface area contributed by atoms with Gasteiger partial charge in [0, 0.05) is 6.54 Å². The van der Waals surface area contributed by atoms with Gasteiger partial charge < -0.3 is 15.1 Å². The average molecular weight is 211 g/mol. The third-order valence-corrected chi connectivity index (χ3v) is 1.69. The Morgan fingerprint density at radius 3 is 2.73 bits per heavy atom. The van der Waals surface area contributed by atoms with Gasteiger partial charge in [-0.15, -0.1) is 0 Å². The molecule has 0 radical (unpaired) electrons. The molecule has 0 saturated carbocycles. The van der Waals surface area contributed by atoms with Crippen LogP contribution in [0.15, 0.2) is 17.1 Å².